The fraction of sp³-hybridized carbons (Fsp3) is 0.500. The van der Waals surface area contributed by atoms with Crippen LogP contribution in [0.25, 0.3) is 0 Å². The molecule has 0 spiro atoms. The number of hydrogen-bond donors (Lipinski definition) is 1. The summed E-state index contributed by atoms with van der Waals surface area (Å²) in [4.78, 5) is 17.4. The predicted octanol–water partition coefficient (Wildman–Crippen LogP) is 3.71. The highest BCUT2D eigenvalue weighted by Gasteiger charge is 2.37. The fourth-order valence-electron chi connectivity index (χ4n) is 5.22. The highest BCUT2D eigenvalue weighted by atomic mass is 16.3. The van der Waals surface area contributed by atoms with Crippen LogP contribution in [-0.2, 0) is 11.2 Å². The van der Waals surface area contributed by atoms with Gasteiger partial charge >= 0.3 is 0 Å². The van der Waals surface area contributed by atoms with Crippen LogP contribution in [0.15, 0.2) is 60.7 Å². The summed E-state index contributed by atoms with van der Waals surface area (Å²) in [7, 11) is 0. The summed E-state index contributed by atoms with van der Waals surface area (Å²) in [6.45, 7) is 4.08. The first-order valence-corrected chi connectivity index (χ1v) is 11.4. The third kappa shape index (κ3) is 5.11. The molecule has 0 bridgehead atoms. The molecular formula is C26H34N2O2. The molecule has 0 saturated carbocycles. The van der Waals surface area contributed by atoms with Gasteiger partial charge in [0, 0.05) is 18.5 Å². The zero-order chi connectivity index (χ0) is 20.8. The van der Waals surface area contributed by atoms with E-state index in [-0.39, 0.29) is 17.9 Å². The largest absolute Gasteiger partial charge is 0.396 e. The number of aliphatic hydroxyl groups excluding tert-OH is 1. The zero-order valence-electron chi connectivity index (χ0n) is 17.9. The molecule has 160 valence electrons. The van der Waals surface area contributed by atoms with Gasteiger partial charge in [-0.3, -0.25) is 9.69 Å². The number of piperidine rings is 2. The van der Waals surface area contributed by atoms with Crippen molar-refractivity contribution in [2.24, 2.45) is 5.41 Å². The second-order valence-corrected chi connectivity index (χ2v) is 9.20. The third-order valence-corrected chi connectivity index (χ3v) is 6.99. The lowest BCUT2D eigenvalue weighted by atomic mass is 9.75. The number of rotatable bonds is 6. The normalized spacial score (nSPS) is 23.4. The van der Waals surface area contributed by atoms with Crippen molar-refractivity contribution in [3.63, 3.8) is 0 Å². The molecular weight excluding hydrogens is 372 g/mol. The van der Waals surface area contributed by atoms with Gasteiger partial charge in [0.2, 0.25) is 5.91 Å². The van der Waals surface area contributed by atoms with E-state index in [1.165, 1.54) is 11.1 Å². The van der Waals surface area contributed by atoms with Crippen molar-refractivity contribution < 1.29 is 9.90 Å². The molecule has 1 atom stereocenters. The number of carbonyl (C=O) groups excluding carboxylic acids is 1. The van der Waals surface area contributed by atoms with Crippen molar-refractivity contribution in [2.75, 3.05) is 39.3 Å². The summed E-state index contributed by atoms with van der Waals surface area (Å²) < 4.78 is 0. The van der Waals surface area contributed by atoms with Gasteiger partial charge in [-0.1, -0.05) is 60.7 Å². The number of benzene rings is 2. The predicted molar refractivity (Wildman–Crippen MR) is 120 cm³/mol. The zero-order valence-corrected chi connectivity index (χ0v) is 17.9. The minimum absolute atomic E-state index is 0.133. The van der Waals surface area contributed by atoms with Crippen molar-refractivity contribution in [3.8, 4) is 0 Å². The molecule has 4 nitrogen and oxygen atoms in total. The van der Waals surface area contributed by atoms with Crippen LogP contribution < -0.4 is 0 Å². The monoisotopic (exact) mass is 406 g/mol. The highest BCUT2D eigenvalue weighted by molar-refractivity contribution is 5.78. The van der Waals surface area contributed by atoms with E-state index < -0.39 is 0 Å². The molecule has 2 aliphatic heterocycles. The first kappa shape index (κ1) is 21.1. The lowest BCUT2D eigenvalue weighted by Gasteiger charge is -2.43. The lowest BCUT2D eigenvalue weighted by molar-refractivity contribution is -0.137. The Balaban J connectivity index is 1.31. The van der Waals surface area contributed by atoms with E-state index >= 15 is 0 Å². The lowest BCUT2D eigenvalue weighted by Crippen LogP contribution is -2.52. The van der Waals surface area contributed by atoms with Gasteiger partial charge in [0.25, 0.3) is 0 Å². The SMILES string of the molecule is O=C(CN1CCC(c2ccccc2)CC1)N1CCC[C@](CO)(Cc2ccccc2)C1. The van der Waals surface area contributed by atoms with Gasteiger partial charge in [0.15, 0.2) is 0 Å². The van der Waals surface area contributed by atoms with E-state index in [4.69, 9.17) is 0 Å². The van der Waals surface area contributed by atoms with Crippen molar-refractivity contribution in [1.29, 1.82) is 0 Å². The summed E-state index contributed by atoms with van der Waals surface area (Å²) >= 11 is 0. The molecule has 2 heterocycles. The topological polar surface area (TPSA) is 43.8 Å². The molecule has 4 heteroatoms. The van der Waals surface area contributed by atoms with Gasteiger partial charge in [0.05, 0.1) is 13.2 Å². The van der Waals surface area contributed by atoms with Crippen LogP contribution in [-0.4, -0.2) is 60.1 Å². The van der Waals surface area contributed by atoms with Crippen LogP contribution in [0.2, 0.25) is 0 Å². The number of nitrogens with zero attached hydrogens (tertiary/aromatic N) is 2. The molecule has 0 aromatic heterocycles. The Bertz CT molecular complexity index is 802. The van der Waals surface area contributed by atoms with E-state index in [0.29, 0.717) is 19.0 Å². The summed E-state index contributed by atoms with van der Waals surface area (Å²) in [6.07, 6.45) is 5.01. The van der Waals surface area contributed by atoms with Crippen LogP contribution in [0.3, 0.4) is 0 Å². The van der Waals surface area contributed by atoms with E-state index in [1.54, 1.807) is 0 Å². The van der Waals surface area contributed by atoms with Gasteiger partial charge in [-0.05, 0) is 62.2 Å². The second-order valence-electron chi connectivity index (χ2n) is 9.20. The van der Waals surface area contributed by atoms with E-state index in [2.05, 4.69) is 47.4 Å². The van der Waals surface area contributed by atoms with Crippen LogP contribution in [0.4, 0.5) is 0 Å². The van der Waals surface area contributed by atoms with Crippen molar-refractivity contribution in [1.82, 2.24) is 9.80 Å². The van der Waals surface area contributed by atoms with Crippen LogP contribution in [0.1, 0.15) is 42.7 Å². The molecule has 1 N–H and O–H groups in total. The molecule has 2 aromatic rings. The van der Waals surface area contributed by atoms with Gasteiger partial charge in [-0.15, -0.1) is 0 Å². The number of aliphatic hydroxyl groups is 1. The van der Waals surface area contributed by atoms with E-state index in [1.807, 2.05) is 23.1 Å². The Labute approximate surface area is 180 Å². The first-order valence-electron chi connectivity index (χ1n) is 11.4. The van der Waals surface area contributed by atoms with Gasteiger partial charge in [0.1, 0.15) is 0 Å². The Morgan fingerprint density at radius 2 is 1.63 bits per heavy atom. The van der Waals surface area contributed by atoms with Crippen molar-refractivity contribution in [3.05, 3.63) is 71.8 Å². The van der Waals surface area contributed by atoms with Crippen LogP contribution in [0, 0.1) is 5.41 Å². The number of carbonyl (C=O) groups is 1. The highest BCUT2D eigenvalue weighted by Crippen LogP contribution is 2.34. The third-order valence-electron chi connectivity index (χ3n) is 6.99. The van der Waals surface area contributed by atoms with Crippen molar-refractivity contribution >= 4 is 5.91 Å². The maximum Gasteiger partial charge on any atom is 0.236 e. The molecule has 0 aliphatic carbocycles. The molecule has 2 aliphatic rings. The number of hydrogen-bond acceptors (Lipinski definition) is 3. The van der Waals surface area contributed by atoms with E-state index in [9.17, 15) is 9.90 Å². The molecule has 30 heavy (non-hydrogen) atoms. The molecule has 2 aromatic carbocycles. The summed E-state index contributed by atoms with van der Waals surface area (Å²) in [5.41, 5.74) is 2.45. The maximum atomic E-state index is 13.1. The number of amides is 1. The summed E-state index contributed by atoms with van der Waals surface area (Å²) in [5, 5.41) is 10.2. The minimum Gasteiger partial charge on any atom is -0.396 e. The Morgan fingerprint density at radius 1 is 0.967 bits per heavy atom. The second kappa shape index (κ2) is 9.76. The minimum atomic E-state index is -0.213. The maximum absolute atomic E-state index is 13.1. The Hall–Kier alpha value is -2.17. The molecule has 1 amide bonds. The standard InChI is InChI=1S/C26H34N2O2/c29-21-26(18-22-8-3-1-4-9-22)14-7-15-28(20-26)25(30)19-27-16-12-24(13-17-27)23-10-5-2-6-11-23/h1-6,8-11,24,29H,7,12-21H2/t26-/m0/s1. The van der Waals surface area contributed by atoms with Crippen LogP contribution >= 0.6 is 0 Å². The average molecular weight is 407 g/mol. The fourth-order valence-corrected chi connectivity index (χ4v) is 5.22. The van der Waals surface area contributed by atoms with Crippen LogP contribution in [0.5, 0.6) is 0 Å². The summed E-state index contributed by atoms with van der Waals surface area (Å²) in [6, 6.07) is 21.1. The molecule has 2 fully saturated rings. The molecule has 2 saturated heterocycles. The Morgan fingerprint density at radius 3 is 2.30 bits per heavy atom. The first-order chi connectivity index (χ1) is 14.7. The average Bonchev–Trinajstić information content (AvgIpc) is 2.81. The van der Waals surface area contributed by atoms with Gasteiger partial charge in [-0.25, -0.2) is 0 Å². The molecule has 0 unspecified atom stereocenters. The number of likely N-dealkylation sites (tertiary alicyclic amines) is 2. The Kier molecular flexibility index (Phi) is 6.86. The molecule has 4 rings (SSSR count). The summed E-state index contributed by atoms with van der Waals surface area (Å²) in [5.74, 6) is 0.833. The smallest absolute Gasteiger partial charge is 0.236 e. The van der Waals surface area contributed by atoms with Gasteiger partial charge < -0.3 is 10.0 Å². The van der Waals surface area contributed by atoms with Crippen molar-refractivity contribution in [2.45, 2.75) is 38.0 Å². The van der Waals surface area contributed by atoms with E-state index in [0.717, 1.165) is 51.7 Å². The quantitative estimate of drug-likeness (QED) is 0.795. The van der Waals surface area contributed by atoms with Gasteiger partial charge in [-0.2, -0.15) is 0 Å². The molecule has 0 radical (unpaired) electrons.